The molecule has 0 aliphatic heterocycles. The summed E-state index contributed by atoms with van der Waals surface area (Å²) in [5, 5.41) is 6.53. The number of nitrogens with one attached hydrogen (secondary N) is 2. The predicted octanol–water partition coefficient (Wildman–Crippen LogP) is 4.20. The van der Waals surface area contributed by atoms with Crippen molar-refractivity contribution >= 4 is 40.5 Å². The van der Waals surface area contributed by atoms with Gasteiger partial charge in [0.25, 0.3) is 0 Å². The van der Waals surface area contributed by atoms with Gasteiger partial charge in [-0.25, -0.2) is 4.79 Å². The fourth-order valence-corrected chi connectivity index (χ4v) is 2.90. The zero-order valence-electron chi connectivity index (χ0n) is 17.0. The quantitative estimate of drug-likeness (QED) is 0.363. The van der Waals surface area contributed by atoms with Crippen LogP contribution in [0.2, 0.25) is 0 Å². The minimum Gasteiger partial charge on any atom is -0.461 e. The number of hydrogen-bond acceptors (Lipinski definition) is 5. The van der Waals surface area contributed by atoms with Crippen molar-refractivity contribution in [3.8, 4) is 0 Å². The van der Waals surface area contributed by atoms with Crippen molar-refractivity contribution in [3.05, 3.63) is 59.7 Å². The smallest absolute Gasteiger partial charge is 0.338 e. The molecule has 0 bridgehead atoms. The van der Waals surface area contributed by atoms with Crippen LogP contribution < -0.4 is 10.6 Å². The number of carbonyl (C=O) groups excluding carboxylic acids is 2. The van der Waals surface area contributed by atoms with Gasteiger partial charge in [-0.3, -0.25) is 4.79 Å². The van der Waals surface area contributed by atoms with Gasteiger partial charge in [-0.2, -0.15) is 0 Å². The Morgan fingerprint density at radius 2 is 1.38 bits per heavy atom. The predicted molar refractivity (Wildman–Crippen MR) is 121 cm³/mol. The molecule has 2 N–H and O–H groups in total. The summed E-state index contributed by atoms with van der Waals surface area (Å²) < 4.78 is 5.33. The first kappa shape index (κ1) is 22.5. The van der Waals surface area contributed by atoms with E-state index in [0.717, 1.165) is 31.0 Å². The first-order chi connectivity index (χ1) is 13.9. The lowest BCUT2D eigenvalue weighted by molar-refractivity contribution is 0.0466. The molecular weight excluding hydrogens is 386 g/mol. The molecule has 0 saturated heterocycles. The van der Waals surface area contributed by atoms with E-state index in [9.17, 15) is 9.59 Å². The van der Waals surface area contributed by atoms with Crippen LogP contribution >= 0.6 is 12.2 Å². The highest BCUT2D eigenvalue weighted by Crippen LogP contribution is 2.13. The van der Waals surface area contributed by atoms with Gasteiger partial charge in [0.05, 0.1) is 5.56 Å². The Hall–Kier alpha value is -2.77. The van der Waals surface area contributed by atoms with Crippen LogP contribution in [0.4, 0.5) is 11.4 Å². The molecule has 0 aliphatic rings. The Kier molecular flexibility index (Phi) is 8.76. The summed E-state index contributed by atoms with van der Waals surface area (Å²) in [6.07, 6.45) is 0. The summed E-state index contributed by atoms with van der Waals surface area (Å²) in [5.74, 6) is -0.320. The maximum atomic E-state index is 12.1. The fourth-order valence-electron chi connectivity index (χ4n) is 2.66. The number of ether oxygens (including phenoxy) is 1. The highest BCUT2D eigenvalue weighted by molar-refractivity contribution is 7.80. The number of benzene rings is 2. The first-order valence-corrected chi connectivity index (χ1v) is 10.0. The minimum absolute atomic E-state index is 0.0175. The Morgan fingerprint density at radius 3 is 1.83 bits per heavy atom. The second-order valence-electron chi connectivity index (χ2n) is 6.45. The molecule has 2 rings (SSSR count). The lowest BCUT2D eigenvalue weighted by atomic mass is 10.1. The van der Waals surface area contributed by atoms with Crippen molar-refractivity contribution < 1.29 is 14.3 Å². The summed E-state index contributed by atoms with van der Waals surface area (Å²) >= 11 is 5.31. The molecule has 7 heteroatoms. The van der Waals surface area contributed by atoms with E-state index in [0.29, 0.717) is 22.8 Å². The van der Waals surface area contributed by atoms with Crippen LogP contribution in [0, 0.1) is 0 Å². The number of hydrogen-bond donors (Lipinski definition) is 2. The highest BCUT2D eigenvalue weighted by atomic mass is 32.1. The third-order valence-electron chi connectivity index (χ3n) is 4.46. The Bertz CT molecular complexity index is 831. The van der Waals surface area contributed by atoms with E-state index in [2.05, 4.69) is 29.4 Å². The number of Topliss-reactive ketones (excluding diaryl/α,β-unsaturated/α-hetero) is 1. The zero-order chi connectivity index (χ0) is 21.2. The van der Waals surface area contributed by atoms with Gasteiger partial charge in [0.2, 0.25) is 0 Å². The number of carbonyl (C=O) groups is 2. The van der Waals surface area contributed by atoms with Gasteiger partial charge in [-0.05, 0) is 80.8 Å². The normalized spacial score (nSPS) is 10.5. The second kappa shape index (κ2) is 11.3. The van der Waals surface area contributed by atoms with Gasteiger partial charge in [0.1, 0.15) is 6.61 Å². The third-order valence-corrected chi connectivity index (χ3v) is 4.67. The molecule has 0 saturated carbocycles. The Labute approximate surface area is 177 Å². The standard InChI is InChI=1S/C22H27N3O3S/c1-4-25(5-2)14-15-28-21(27)18-8-12-20(13-9-18)24-22(29)23-19-10-6-17(7-11-19)16(3)26/h6-13H,4-5,14-15H2,1-3H3,(H2,23,24,29). The third kappa shape index (κ3) is 7.29. The van der Waals surface area contributed by atoms with Gasteiger partial charge in [0, 0.05) is 23.5 Å². The van der Waals surface area contributed by atoms with Crippen LogP contribution in [0.1, 0.15) is 41.5 Å². The summed E-state index contributed by atoms with van der Waals surface area (Å²) in [6, 6.07) is 14.0. The van der Waals surface area contributed by atoms with Crippen molar-refractivity contribution in [2.45, 2.75) is 20.8 Å². The lowest BCUT2D eigenvalue weighted by Gasteiger charge is -2.17. The molecule has 2 aromatic carbocycles. The number of anilines is 2. The fraction of sp³-hybridized carbons (Fsp3) is 0.318. The number of rotatable bonds is 9. The Balaban J connectivity index is 1.83. The number of thiocarbonyl (C=S) groups is 1. The van der Waals surface area contributed by atoms with Gasteiger partial charge < -0.3 is 20.3 Å². The summed E-state index contributed by atoms with van der Waals surface area (Å²) in [5.41, 5.74) is 2.67. The SMILES string of the molecule is CCN(CC)CCOC(=O)c1ccc(NC(=S)Nc2ccc(C(C)=O)cc2)cc1. The van der Waals surface area contributed by atoms with Crippen LogP contribution in [0.3, 0.4) is 0 Å². The lowest BCUT2D eigenvalue weighted by Crippen LogP contribution is -2.27. The molecule has 0 spiro atoms. The van der Waals surface area contributed by atoms with E-state index in [4.69, 9.17) is 17.0 Å². The van der Waals surface area contributed by atoms with Crippen LogP contribution in [-0.2, 0) is 4.74 Å². The number of ketones is 1. The molecule has 6 nitrogen and oxygen atoms in total. The van der Waals surface area contributed by atoms with E-state index in [1.54, 1.807) is 48.5 Å². The molecule has 2 aromatic rings. The molecule has 0 aliphatic carbocycles. The molecule has 0 fully saturated rings. The summed E-state index contributed by atoms with van der Waals surface area (Å²) in [7, 11) is 0. The van der Waals surface area contributed by atoms with Gasteiger partial charge >= 0.3 is 5.97 Å². The average molecular weight is 414 g/mol. The maximum Gasteiger partial charge on any atom is 0.338 e. The van der Waals surface area contributed by atoms with E-state index in [-0.39, 0.29) is 11.8 Å². The number of esters is 1. The molecule has 0 heterocycles. The van der Waals surface area contributed by atoms with Crippen LogP contribution in [-0.4, -0.2) is 48.0 Å². The number of nitrogens with zero attached hydrogens (tertiary/aromatic N) is 1. The summed E-state index contributed by atoms with van der Waals surface area (Å²) in [6.45, 7) is 8.66. The minimum atomic E-state index is -0.338. The largest absolute Gasteiger partial charge is 0.461 e. The first-order valence-electron chi connectivity index (χ1n) is 9.61. The molecular formula is C22H27N3O3S. The van der Waals surface area contributed by atoms with E-state index >= 15 is 0 Å². The van der Waals surface area contributed by atoms with Crippen LogP contribution in [0.5, 0.6) is 0 Å². The van der Waals surface area contributed by atoms with Crippen molar-refractivity contribution in [1.29, 1.82) is 0 Å². The van der Waals surface area contributed by atoms with Crippen LogP contribution in [0.15, 0.2) is 48.5 Å². The molecule has 0 radical (unpaired) electrons. The average Bonchev–Trinajstić information content (AvgIpc) is 2.72. The van der Waals surface area contributed by atoms with E-state index < -0.39 is 0 Å². The topological polar surface area (TPSA) is 70.7 Å². The monoisotopic (exact) mass is 413 g/mol. The zero-order valence-corrected chi connectivity index (χ0v) is 17.8. The van der Waals surface area contributed by atoms with Crippen LogP contribution in [0.25, 0.3) is 0 Å². The van der Waals surface area contributed by atoms with Crippen molar-refractivity contribution in [1.82, 2.24) is 4.90 Å². The second-order valence-corrected chi connectivity index (χ2v) is 6.86. The highest BCUT2D eigenvalue weighted by Gasteiger charge is 2.08. The molecule has 29 heavy (non-hydrogen) atoms. The maximum absolute atomic E-state index is 12.1. The van der Waals surface area contributed by atoms with Crippen molar-refractivity contribution in [2.24, 2.45) is 0 Å². The van der Waals surface area contributed by atoms with E-state index in [1.807, 2.05) is 0 Å². The molecule has 154 valence electrons. The molecule has 0 unspecified atom stereocenters. The van der Waals surface area contributed by atoms with Gasteiger partial charge in [-0.1, -0.05) is 13.8 Å². The van der Waals surface area contributed by atoms with E-state index in [1.165, 1.54) is 6.92 Å². The molecule has 0 amide bonds. The van der Waals surface area contributed by atoms with Crippen molar-refractivity contribution in [3.63, 3.8) is 0 Å². The van der Waals surface area contributed by atoms with Gasteiger partial charge in [-0.15, -0.1) is 0 Å². The Morgan fingerprint density at radius 1 is 0.897 bits per heavy atom. The van der Waals surface area contributed by atoms with Gasteiger partial charge in [0.15, 0.2) is 10.9 Å². The molecule has 0 atom stereocenters. The molecule has 0 aromatic heterocycles. The number of likely N-dealkylation sites (N-methyl/N-ethyl adjacent to an activating group) is 1. The van der Waals surface area contributed by atoms with Crippen molar-refractivity contribution in [2.75, 3.05) is 36.9 Å². The summed E-state index contributed by atoms with van der Waals surface area (Å²) in [4.78, 5) is 25.6.